The fraction of sp³-hybridized carbons (Fsp3) is 0.128. The van der Waals surface area contributed by atoms with Gasteiger partial charge < -0.3 is 4.90 Å². The second-order valence-electron chi connectivity index (χ2n) is 11.5. The van der Waals surface area contributed by atoms with Crippen LogP contribution in [-0.2, 0) is 0 Å². The van der Waals surface area contributed by atoms with Gasteiger partial charge in [-0.05, 0) is 108 Å². The SMILES string of the molecule is Cc1c(C)c(C)c(N(c2ccc3ccc4cccc5ccc2c3c45)c2cccc3c2sc2ccccc23)c(C)c1C. The van der Waals surface area contributed by atoms with Crippen LogP contribution in [0.5, 0.6) is 0 Å². The molecule has 198 valence electrons. The number of rotatable bonds is 3. The first-order valence-electron chi connectivity index (χ1n) is 14.4. The molecule has 8 aromatic rings. The molecule has 41 heavy (non-hydrogen) atoms. The molecule has 2 heteroatoms. The van der Waals surface area contributed by atoms with Crippen LogP contribution in [0.4, 0.5) is 17.1 Å². The van der Waals surface area contributed by atoms with Gasteiger partial charge in [0.1, 0.15) is 0 Å². The van der Waals surface area contributed by atoms with Gasteiger partial charge in [0.15, 0.2) is 0 Å². The first-order valence-corrected chi connectivity index (χ1v) is 15.2. The highest BCUT2D eigenvalue weighted by atomic mass is 32.1. The third-order valence-electron chi connectivity index (χ3n) is 9.55. The van der Waals surface area contributed by atoms with Crippen molar-refractivity contribution in [1.29, 1.82) is 0 Å². The predicted molar refractivity (Wildman–Crippen MR) is 181 cm³/mol. The van der Waals surface area contributed by atoms with Crippen molar-refractivity contribution in [3.8, 4) is 0 Å². The lowest BCUT2D eigenvalue weighted by Gasteiger charge is -2.32. The Labute approximate surface area is 244 Å². The van der Waals surface area contributed by atoms with Crippen LogP contribution in [0, 0.1) is 34.6 Å². The van der Waals surface area contributed by atoms with Crippen molar-refractivity contribution >= 4 is 80.9 Å². The molecule has 0 saturated carbocycles. The van der Waals surface area contributed by atoms with E-state index in [0.717, 1.165) is 0 Å². The molecule has 0 atom stereocenters. The van der Waals surface area contributed by atoms with Crippen LogP contribution in [-0.4, -0.2) is 0 Å². The summed E-state index contributed by atoms with van der Waals surface area (Å²) in [5.41, 5.74) is 10.6. The van der Waals surface area contributed by atoms with Crippen LogP contribution < -0.4 is 4.90 Å². The second-order valence-corrected chi connectivity index (χ2v) is 12.6. The molecular formula is C39H31NS. The lowest BCUT2D eigenvalue weighted by molar-refractivity contribution is 1.14. The van der Waals surface area contributed by atoms with Gasteiger partial charge in [-0.2, -0.15) is 0 Å². The molecule has 0 aliphatic heterocycles. The largest absolute Gasteiger partial charge is 0.308 e. The summed E-state index contributed by atoms with van der Waals surface area (Å²) in [7, 11) is 0. The van der Waals surface area contributed by atoms with Crippen LogP contribution >= 0.6 is 11.3 Å². The maximum Gasteiger partial charge on any atom is 0.0640 e. The van der Waals surface area contributed by atoms with Gasteiger partial charge in [0, 0.05) is 20.9 Å². The van der Waals surface area contributed by atoms with Gasteiger partial charge in [-0.25, -0.2) is 0 Å². The highest BCUT2D eigenvalue weighted by Crippen LogP contribution is 2.50. The fourth-order valence-electron chi connectivity index (χ4n) is 7.01. The van der Waals surface area contributed by atoms with Crippen LogP contribution in [0.1, 0.15) is 27.8 Å². The smallest absolute Gasteiger partial charge is 0.0640 e. The van der Waals surface area contributed by atoms with Gasteiger partial charge >= 0.3 is 0 Å². The number of nitrogens with zero attached hydrogens (tertiary/aromatic N) is 1. The van der Waals surface area contributed by atoms with Gasteiger partial charge in [0.2, 0.25) is 0 Å². The molecule has 1 heterocycles. The molecule has 0 aliphatic rings. The zero-order valence-electron chi connectivity index (χ0n) is 24.1. The molecule has 0 N–H and O–H groups in total. The number of fused-ring (bicyclic) bond motifs is 3. The van der Waals surface area contributed by atoms with Gasteiger partial charge in [0.05, 0.1) is 21.8 Å². The molecule has 1 aromatic heterocycles. The first kappa shape index (κ1) is 24.4. The van der Waals surface area contributed by atoms with Gasteiger partial charge in [-0.3, -0.25) is 0 Å². The lowest BCUT2D eigenvalue weighted by atomic mass is 9.90. The third kappa shape index (κ3) is 3.35. The Balaban J connectivity index is 1.55. The Kier molecular flexibility index (Phi) is 5.24. The third-order valence-corrected chi connectivity index (χ3v) is 10.8. The second kappa shape index (κ2) is 8.80. The number of hydrogen-bond donors (Lipinski definition) is 0. The van der Waals surface area contributed by atoms with Crippen LogP contribution in [0.15, 0.2) is 97.1 Å². The zero-order valence-corrected chi connectivity index (χ0v) is 24.9. The van der Waals surface area contributed by atoms with E-state index in [9.17, 15) is 0 Å². The monoisotopic (exact) mass is 545 g/mol. The summed E-state index contributed by atoms with van der Waals surface area (Å²) in [5.74, 6) is 0. The molecule has 8 rings (SSSR count). The molecule has 0 radical (unpaired) electrons. The van der Waals surface area contributed by atoms with Crippen LogP contribution in [0.25, 0.3) is 52.5 Å². The highest BCUT2D eigenvalue weighted by Gasteiger charge is 2.25. The normalized spacial score (nSPS) is 12.0. The quantitative estimate of drug-likeness (QED) is 0.200. The van der Waals surface area contributed by atoms with Crippen molar-refractivity contribution in [2.45, 2.75) is 34.6 Å². The molecule has 1 nitrogen and oxygen atoms in total. The fourth-order valence-corrected chi connectivity index (χ4v) is 8.22. The standard InChI is InChI=1S/C39H31NS/c1-22-23(2)25(4)38(26(5)24(22)3)40(34-14-9-13-31-30-12-6-7-15-35(30)41-39(31)34)33-21-19-29-17-16-27-10-8-11-28-18-20-32(33)37(29)36(27)28/h6-21H,1-5H3. The van der Waals surface area contributed by atoms with E-state index < -0.39 is 0 Å². The van der Waals surface area contributed by atoms with Gasteiger partial charge in [-0.1, -0.05) is 78.9 Å². The Morgan fingerprint density at radius 1 is 0.439 bits per heavy atom. The minimum atomic E-state index is 1.23. The van der Waals surface area contributed by atoms with Crippen molar-refractivity contribution in [2.75, 3.05) is 4.90 Å². The van der Waals surface area contributed by atoms with Crippen LogP contribution in [0.3, 0.4) is 0 Å². The van der Waals surface area contributed by atoms with Crippen molar-refractivity contribution in [2.24, 2.45) is 0 Å². The van der Waals surface area contributed by atoms with E-state index in [0.29, 0.717) is 0 Å². The molecule has 0 bridgehead atoms. The minimum absolute atomic E-state index is 1.23. The Bertz CT molecular complexity index is 2280. The van der Waals surface area contributed by atoms with Gasteiger partial charge in [-0.15, -0.1) is 11.3 Å². The summed E-state index contributed by atoms with van der Waals surface area (Å²) in [4.78, 5) is 2.58. The summed E-state index contributed by atoms with van der Waals surface area (Å²) in [6, 6.07) is 36.2. The molecular weight excluding hydrogens is 515 g/mol. The molecule has 0 aliphatic carbocycles. The van der Waals surface area contributed by atoms with E-state index in [2.05, 4.69) is 137 Å². The maximum atomic E-state index is 2.58. The number of thiophene rings is 1. The molecule has 0 spiro atoms. The van der Waals surface area contributed by atoms with E-state index in [-0.39, 0.29) is 0 Å². The summed E-state index contributed by atoms with van der Waals surface area (Å²) in [6.45, 7) is 11.4. The lowest BCUT2D eigenvalue weighted by Crippen LogP contribution is -2.15. The van der Waals surface area contributed by atoms with Crippen molar-refractivity contribution in [1.82, 2.24) is 0 Å². The summed E-state index contributed by atoms with van der Waals surface area (Å²) < 4.78 is 2.66. The zero-order chi connectivity index (χ0) is 28.0. The topological polar surface area (TPSA) is 3.24 Å². The maximum absolute atomic E-state index is 2.58. The molecule has 0 amide bonds. The average molecular weight is 546 g/mol. The Morgan fingerprint density at radius 3 is 1.78 bits per heavy atom. The number of anilines is 3. The summed E-state index contributed by atoms with van der Waals surface area (Å²) in [6.07, 6.45) is 0. The number of benzene rings is 7. The van der Waals surface area contributed by atoms with E-state index in [1.165, 1.54) is 97.4 Å². The average Bonchev–Trinajstić information content (AvgIpc) is 3.39. The van der Waals surface area contributed by atoms with Crippen molar-refractivity contribution < 1.29 is 0 Å². The minimum Gasteiger partial charge on any atom is -0.308 e. The number of hydrogen-bond acceptors (Lipinski definition) is 2. The summed E-state index contributed by atoms with van der Waals surface area (Å²) in [5, 5.41) is 10.5. The highest BCUT2D eigenvalue weighted by molar-refractivity contribution is 7.26. The van der Waals surface area contributed by atoms with E-state index in [4.69, 9.17) is 0 Å². The molecule has 0 unspecified atom stereocenters. The summed E-state index contributed by atoms with van der Waals surface area (Å²) >= 11 is 1.90. The van der Waals surface area contributed by atoms with E-state index >= 15 is 0 Å². The Hall–Kier alpha value is -4.40. The molecule has 7 aromatic carbocycles. The van der Waals surface area contributed by atoms with Crippen molar-refractivity contribution in [3.05, 3.63) is 125 Å². The molecule has 0 fully saturated rings. The predicted octanol–water partition coefficient (Wildman–Crippen LogP) is 12.0. The van der Waals surface area contributed by atoms with E-state index in [1.54, 1.807) is 0 Å². The van der Waals surface area contributed by atoms with E-state index in [1.807, 2.05) is 11.3 Å². The van der Waals surface area contributed by atoms with Gasteiger partial charge in [0.25, 0.3) is 0 Å². The molecule has 0 saturated heterocycles. The first-order chi connectivity index (χ1) is 19.9. The van der Waals surface area contributed by atoms with Crippen LogP contribution in [0.2, 0.25) is 0 Å². The Morgan fingerprint density at radius 2 is 1.02 bits per heavy atom. The van der Waals surface area contributed by atoms with Crippen molar-refractivity contribution in [3.63, 3.8) is 0 Å².